The van der Waals surface area contributed by atoms with Crippen molar-refractivity contribution >= 4 is 42.1 Å². The fourth-order valence-electron chi connectivity index (χ4n) is 1.64. The molecular formula is C13H25Cl2N3OS. The molecule has 1 aromatic rings. The molecule has 0 aliphatic carbocycles. The van der Waals surface area contributed by atoms with E-state index in [9.17, 15) is 4.79 Å². The minimum Gasteiger partial charge on any atom is -0.340 e. The predicted molar refractivity (Wildman–Crippen MR) is 90.8 cm³/mol. The lowest BCUT2D eigenvalue weighted by Crippen LogP contribution is -2.32. The quantitative estimate of drug-likeness (QED) is 0.865. The molecule has 0 unspecified atom stereocenters. The molecule has 1 heterocycles. The third kappa shape index (κ3) is 6.39. The highest BCUT2D eigenvalue weighted by Crippen LogP contribution is 2.21. The van der Waals surface area contributed by atoms with Crippen molar-refractivity contribution < 1.29 is 4.79 Å². The number of rotatable bonds is 6. The number of hydrogen-bond donors (Lipinski definition) is 1. The van der Waals surface area contributed by atoms with Gasteiger partial charge in [-0.1, -0.05) is 13.8 Å². The summed E-state index contributed by atoms with van der Waals surface area (Å²) in [5, 5.41) is 4.11. The van der Waals surface area contributed by atoms with Crippen molar-refractivity contribution in [2.24, 2.45) is 5.92 Å². The third-order valence-corrected chi connectivity index (χ3v) is 3.83. The Morgan fingerprint density at radius 2 is 2.00 bits per heavy atom. The predicted octanol–water partition coefficient (Wildman–Crippen LogP) is 2.79. The molecule has 1 aromatic heterocycles. The summed E-state index contributed by atoms with van der Waals surface area (Å²) in [6.45, 7) is 7.76. The van der Waals surface area contributed by atoms with Crippen LogP contribution in [0.4, 0.5) is 0 Å². The van der Waals surface area contributed by atoms with E-state index in [0.717, 1.165) is 28.5 Å². The minimum atomic E-state index is 0. The fraction of sp³-hybridized carbons (Fsp3) is 0.692. The normalized spacial score (nSPS) is 9.90. The number of halogens is 2. The van der Waals surface area contributed by atoms with E-state index in [-0.39, 0.29) is 30.7 Å². The van der Waals surface area contributed by atoms with Crippen LogP contribution >= 0.6 is 36.2 Å². The van der Waals surface area contributed by atoms with Gasteiger partial charge in [-0.05, 0) is 19.9 Å². The summed E-state index contributed by atoms with van der Waals surface area (Å²) in [6.07, 6.45) is 0.943. The third-order valence-electron chi connectivity index (χ3n) is 2.66. The Balaban J connectivity index is 0. The van der Waals surface area contributed by atoms with Crippen LogP contribution in [-0.4, -0.2) is 43.0 Å². The van der Waals surface area contributed by atoms with Gasteiger partial charge < -0.3 is 10.2 Å². The molecule has 0 radical (unpaired) electrons. The topological polar surface area (TPSA) is 45.2 Å². The molecule has 4 nitrogen and oxygen atoms in total. The number of amides is 1. The maximum atomic E-state index is 12.2. The molecule has 0 bridgehead atoms. The van der Waals surface area contributed by atoms with Crippen LogP contribution in [-0.2, 0) is 6.42 Å². The van der Waals surface area contributed by atoms with Crippen molar-refractivity contribution in [3.05, 3.63) is 15.6 Å². The molecule has 1 amide bonds. The smallest absolute Gasteiger partial charge is 0.265 e. The molecule has 0 aromatic carbocycles. The second-order valence-electron chi connectivity index (χ2n) is 4.95. The summed E-state index contributed by atoms with van der Waals surface area (Å²) < 4.78 is 0. The first-order valence-corrected chi connectivity index (χ1v) is 7.13. The van der Waals surface area contributed by atoms with Crippen molar-refractivity contribution in [3.8, 4) is 0 Å². The Labute approximate surface area is 138 Å². The van der Waals surface area contributed by atoms with E-state index >= 15 is 0 Å². The molecule has 1 rings (SSSR count). The molecule has 20 heavy (non-hydrogen) atoms. The number of carbonyl (C=O) groups is 1. The first kappa shape index (κ1) is 21.9. The van der Waals surface area contributed by atoms with Gasteiger partial charge in [0, 0.05) is 26.6 Å². The van der Waals surface area contributed by atoms with Crippen LogP contribution in [0.2, 0.25) is 0 Å². The Bertz CT molecular complexity index is 410. The summed E-state index contributed by atoms with van der Waals surface area (Å²) in [4.78, 5) is 19.3. The van der Waals surface area contributed by atoms with Gasteiger partial charge in [-0.15, -0.1) is 36.2 Å². The van der Waals surface area contributed by atoms with Gasteiger partial charge in [-0.3, -0.25) is 4.79 Å². The number of carbonyl (C=O) groups excluding carboxylic acids is 1. The first-order valence-electron chi connectivity index (χ1n) is 6.32. The van der Waals surface area contributed by atoms with E-state index in [0.29, 0.717) is 12.5 Å². The highest BCUT2D eigenvalue weighted by Gasteiger charge is 2.18. The molecule has 0 fully saturated rings. The molecule has 0 spiro atoms. The number of aryl methyl sites for hydroxylation is 1. The lowest BCUT2D eigenvalue weighted by molar-refractivity contribution is 0.0800. The van der Waals surface area contributed by atoms with E-state index in [1.54, 1.807) is 4.90 Å². The number of nitrogens with zero attached hydrogens (tertiary/aromatic N) is 2. The number of nitrogens with one attached hydrogen (secondary N) is 1. The molecule has 0 atom stereocenters. The SMILES string of the molecule is CNCCN(C)C(=O)c1sc(CC(C)C)nc1C.Cl.Cl. The van der Waals surface area contributed by atoms with Crippen molar-refractivity contribution in [3.63, 3.8) is 0 Å². The van der Waals surface area contributed by atoms with Gasteiger partial charge in [0.15, 0.2) is 0 Å². The van der Waals surface area contributed by atoms with E-state index in [2.05, 4.69) is 24.1 Å². The number of likely N-dealkylation sites (N-methyl/N-ethyl adjacent to an activating group) is 2. The summed E-state index contributed by atoms with van der Waals surface area (Å²) in [5.41, 5.74) is 0.858. The zero-order chi connectivity index (χ0) is 13.7. The van der Waals surface area contributed by atoms with Gasteiger partial charge in [-0.25, -0.2) is 4.98 Å². The van der Waals surface area contributed by atoms with Crippen molar-refractivity contribution in [2.45, 2.75) is 27.2 Å². The van der Waals surface area contributed by atoms with Crippen molar-refractivity contribution in [1.82, 2.24) is 15.2 Å². The average Bonchev–Trinajstić information content (AvgIpc) is 2.65. The molecule has 0 aliphatic rings. The Hall–Kier alpha value is -0.360. The van der Waals surface area contributed by atoms with Crippen molar-refractivity contribution in [1.29, 1.82) is 0 Å². The van der Waals surface area contributed by atoms with Gasteiger partial charge in [0.2, 0.25) is 0 Å². The Morgan fingerprint density at radius 1 is 1.40 bits per heavy atom. The Morgan fingerprint density at radius 3 is 2.50 bits per heavy atom. The largest absolute Gasteiger partial charge is 0.340 e. The summed E-state index contributed by atoms with van der Waals surface area (Å²) in [6, 6.07) is 0. The second-order valence-corrected chi connectivity index (χ2v) is 6.03. The monoisotopic (exact) mass is 341 g/mol. The zero-order valence-electron chi connectivity index (χ0n) is 12.7. The second kappa shape index (κ2) is 10.4. The van der Waals surface area contributed by atoms with Crippen molar-refractivity contribution in [2.75, 3.05) is 27.2 Å². The lowest BCUT2D eigenvalue weighted by Gasteiger charge is -2.15. The number of thiazole rings is 1. The molecule has 1 N–H and O–H groups in total. The van der Waals surface area contributed by atoms with E-state index in [1.807, 2.05) is 21.0 Å². The van der Waals surface area contributed by atoms with Crippen LogP contribution in [0, 0.1) is 12.8 Å². The molecule has 7 heteroatoms. The molecule has 0 saturated carbocycles. The number of aromatic nitrogens is 1. The van der Waals surface area contributed by atoms with Crippen LogP contribution < -0.4 is 5.32 Å². The molecule has 118 valence electrons. The maximum Gasteiger partial charge on any atom is 0.265 e. The van der Waals surface area contributed by atoms with Gasteiger partial charge in [0.1, 0.15) is 4.88 Å². The summed E-state index contributed by atoms with van der Waals surface area (Å²) >= 11 is 1.53. The van der Waals surface area contributed by atoms with Crippen LogP contribution in [0.15, 0.2) is 0 Å². The van der Waals surface area contributed by atoms with Gasteiger partial charge in [-0.2, -0.15) is 0 Å². The molecule has 0 aliphatic heterocycles. The standard InChI is InChI=1S/C13H23N3OS.2ClH/c1-9(2)8-11-15-10(3)12(18-11)13(17)16(5)7-6-14-4;;/h9,14H,6-8H2,1-5H3;2*1H. The van der Waals surface area contributed by atoms with Crippen LogP contribution in [0.3, 0.4) is 0 Å². The van der Waals surface area contributed by atoms with Gasteiger partial charge in [0.05, 0.1) is 10.7 Å². The summed E-state index contributed by atoms with van der Waals surface area (Å²) in [5.74, 6) is 0.649. The molecular weight excluding hydrogens is 317 g/mol. The van der Waals surface area contributed by atoms with E-state index < -0.39 is 0 Å². The maximum absolute atomic E-state index is 12.2. The van der Waals surface area contributed by atoms with Crippen LogP contribution in [0.25, 0.3) is 0 Å². The van der Waals surface area contributed by atoms with Crippen LogP contribution in [0.5, 0.6) is 0 Å². The molecule has 0 saturated heterocycles. The van der Waals surface area contributed by atoms with Gasteiger partial charge in [0.25, 0.3) is 5.91 Å². The van der Waals surface area contributed by atoms with Crippen LogP contribution in [0.1, 0.15) is 34.2 Å². The Kier molecular flexibility index (Phi) is 11.4. The average molecular weight is 342 g/mol. The van der Waals surface area contributed by atoms with E-state index in [4.69, 9.17) is 0 Å². The zero-order valence-corrected chi connectivity index (χ0v) is 15.2. The highest BCUT2D eigenvalue weighted by molar-refractivity contribution is 7.13. The number of hydrogen-bond acceptors (Lipinski definition) is 4. The fourth-order valence-corrected chi connectivity index (χ4v) is 2.91. The highest BCUT2D eigenvalue weighted by atomic mass is 35.5. The minimum absolute atomic E-state index is 0. The summed E-state index contributed by atoms with van der Waals surface area (Å²) in [7, 11) is 3.72. The first-order chi connectivity index (χ1) is 8.45. The lowest BCUT2D eigenvalue weighted by atomic mass is 10.1. The van der Waals surface area contributed by atoms with E-state index in [1.165, 1.54) is 11.3 Å². The van der Waals surface area contributed by atoms with Gasteiger partial charge >= 0.3 is 0 Å².